The topological polar surface area (TPSA) is 3.24 Å². The molecule has 2 aliphatic rings. The molecule has 0 saturated carbocycles. The maximum absolute atomic E-state index is 2.50. The summed E-state index contributed by atoms with van der Waals surface area (Å²) >= 11 is 0. The van der Waals surface area contributed by atoms with Gasteiger partial charge in [-0.3, -0.25) is 0 Å². The Balaban J connectivity index is 1.16. The fraction of sp³-hybridized carbons (Fsp3) is 0.0189. The van der Waals surface area contributed by atoms with E-state index in [9.17, 15) is 0 Å². The van der Waals surface area contributed by atoms with E-state index in [1.54, 1.807) is 0 Å². The van der Waals surface area contributed by atoms with Gasteiger partial charge in [0.2, 0.25) is 0 Å². The van der Waals surface area contributed by atoms with Crippen LogP contribution in [0.1, 0.15) is 22.3 Å². The minimum atomic E-state index is -0.411. The van der Waals surface area contributed by atoms with Gasteiger partial charge in [0.25, 0.3) is 0 Å². The second kappa shape index (κ2) is 11.0. The Kier molecular flexibility index (Phi) is 6.04. The molecule has 0 N–H and O–H groups in total. The van der Waals surface area contributed by atoms with Gasteiger partial charge in [-0.05, 0) is 112 Å². The fourth-order valence-electron chi connectivity index (χ4n) is 10.0. The summed E-state index contributed by atoms with van der Waals surface area (Å²) in [5.41, 5.74) is 13.7. The van der Waals surface area contributed by atoms with Crippen molar-refractivity contribution < 1.29 is 0 Å². The molecule has 250 valence electrons. The van der Waals surface area contributed by atoms with E-state index in [0.717, 1.165) is 11.4 Å². The van der Waals surface area contributed by atoms with Crippen LogP contribution in [0.4, 0.5) is 17.1 Å². The second-order valence-electron chi connectivity index (χ2n) is 14.8. The van der Waals surface area contributed by atoms with Crippen LogP contribution in [0.25, 0.3) is 65.3 Å². The molecule has 1 heteroatoms. The third-order valence-corrected chi connectivity index (χ3v) is 12.2. The molecule has 10 aromatic rings. The lowest BCUT2D eigenvalue weighted by Gasteiger charge is -2.32. The SMILES string of the molecule is c1ccc2c(c1)-c1ccccc1C21c2ccccc2-c2c(N(c3ccc4c(ccc5ccccc54)c3)c3ccc4c(ccc5ccccc54)c3)cccc21. The molecule has 0 fully saturated rings. The van der Waals surface area contributed by atoms with E-state index in [4.69, 9.17) is 0 Å². The Morgan fingerprint density at radius 3 is 1.30 bits per heavy atom. The molecular weight excluding hydrogens is 651 g/mol. The number of nitrogens with zero attached hydrogens (tertiary/aromatic N) is 1. The van der Waals surface area contributed by atoms with Crippen molar-refractivity contribution in [1.29, 1.82) is 0 Å². The number of fused-ring (bicyclic) bond motifs is 16. The van der Waals surface area contributed by atoms with Crippen LogP contribution in [-0.4, -0.2) is 0 Å². The molecular formula is C53H33N. The van der Waals surface area contributed by atoms with Gasteiger partial charge in [-0.2, -0.15) is 0 Å². The largest absolute Gasteiger partial charge is 0.310 e. The molecule has 0 heterocycles. The minimum Gasteiger partial charge on any atom is -0.310 e. The van der Waals surface area contributed by atoms with Gasteiger partial charge in [0.1, 0.15) is 0 Å². The lowest BCUT2D eigenvalue weighted by Crippen LogP contribution is -2.26. The van der Waals surface area contributed by atoms with Crippen LogP contribution in [0.2, 0.25) is 0 Å². The summed E-state index contributed by atoms with van der Waals surface area (Å²) in [6, 6.07) is 74.7. The third-order valence-electron chi connectivity index (χ3n) is 12.2. The molecule has 10 aromatic carbocycles. The number of benzene rings is 10. The first kappa shape index (κ1) is 29.6. The van der Waals surface area contributed by atoms with E-state index in [2.05, 4.69) is 205 Å². The van der Waals surface area contributed by atoms with E-state index < -0.39 is 5.41 Å². The summed E-state index contributed by atoms with van der Waals surface area (Å²) in [6.07, 6.45) is 0. The van der Waals surface area contributed by atoms with Crippen LogP contribution in [0, 0.1) is 0 Å². The Bertz CT molecular complexity index is 3020. The number of rotatable bonds is 3. The zero-order valence-electron chi connectivity index (χ0n) is 29.5. The second-order valence-corrected chi connectivity index (χ2v) is 14.8. The monoisotopic (exact) mass is 683 g/mol. The van der Waals surface area contributed by atoms with Crippen molar-refractivity contribution in [3.8, 4) is 22.3 Å². The van der Waals surface area contributed by atoms with E-state index in [1.807, 2.05) is 0 Å². The Morgan fingerprint density at radius 1 is 0.296 bits per heavy atom. The van der Waals surface area contributed by atoms with Crippen LogP contribution >= 0.6 is 0 Å². The summed E-state index contributed by atoms with van der Waals surface area (Å²) in [7, 11) is 0. The van der Waals surface area contributed by atoms with Crippen molar-refractivity contribution >= 4 is 60.2 Å². The van der Waals surface area contributed by atoms with E-state index in [1.165, 1.54) is 93.3 Å². The first-order valence-corrected chi connectivity index (χ1v) is 18.8. The van der Waals surface area contributed by atoms with Gasteiger partial charge in [0.15, 0.2) is 0 Å². The Labute approximate surface area is 314 Å². The molecule has 1 spiro atoms. The summed E-state index contributed by atoms with van der Waals surface area (Å²) in [4.78, 5) is 2.50. The van der Waals surface area contributed by atoms with Crippen molar-refractivity contribution in [1.82, 2.24) is 0 Å². The van der Waals surface area contributed by atoms with E-state index in [-0.39, 0.29) is 0 Å². The van der Waals surface area contributed by atoms with Crippen molar-refractivity contribution in [2.75, 3.05) is 4.90 Å². The highest BCUT2D eigenvalue weighted by molar-refractivity contribution is 6.11. The Hall–Kier alpha value is -6.96. The molecule has 0 atom stereocenters. The molecule has 12 rings (SSSR count). The van der Waals surface area contributed by atoms with Gasteiger partial charge >= 0.3 is 0 Å². The molecule has 0 unspecified atom stereocenters. The molecule has 2 aliphatic carbocycles. The van der Waals surface area contributed by atoms with Crippen LogP contribution in [0.15, 0.2) is 200 Å². The maximum atomic E-state index is 2.50. The van der Waals surface area contributed by atoms with Gasteiger partial charge in [-0.25, -0.2) is 0 Å². The minimum absolute atomic E-state index is 0.411. The molecule has 0 bridgehead atoms. The molecule has 54 heavy (non-hydrogen) atoms. The van der Waals surface area contributed by atoms with Crippen molar-refractivity contribution in [3.63, 3.8) is 0 Å². The van der Waals surface area contributed by atoms with E-state index >= 15 is 0 Å². The molecule has 0 aromatic heterocycles. The van der Waals surface area contributed by atoms with Crippen LogP contribution in [0.3, 0.4) is 0 Å². The lowest BCUT2D eigenvalue weighted by molar-refractivity contribution is 0.794. The summed E-state index contributed by atoms with van der Waals surface area (Å²) in [5.74, 6) is 0. The molecule has 0 aliphatic heterocycles. The van der Waals surface area contributed by atoms with Crippen molar-refractivity contribution in [2.24, 2.45) is 0 Å². The van der Waals surface area contributed by atoms with Gasteiger partial charge in [-0.1, -0.05) is 170 Å². The molecule has 0 radical (unpaired) electrons. The number of anilines is 3. The van der Waals surface area contributed by atoms with Crippen molar-refractivity contribution in [2.45, 2.75) is 5.41 Å². The first-order chi connectivity index (χ1) is 26.8. The highest BCUT2D eigenvalue weighted by atomic mass is 15.1. The standard InChI is InChI=1S/C53H33N/c1-3-14-40-34(12-1)24-26-36-32-38(28-30-42(36)40)54(39-29-31-43-37(33-39)27-25-35-13-2-4-15-41(35)43)51-23-11-22-50-52(51)46-18-7-10-21-49(46)53(50)47-19-8-5-16-44(47)45-17-6-9-20-48(45)53/h1-33H. The predicted molar refractivity (Wildman–Crippen MR) is 227 cm³/mol. The molecule has 0 saturated heterocycles. The van der Waals surface area contributed by atoms with Crippen molar-refractivity contribution in [3.05, 3.63) is 222 Å². The highest BCUT2D eigenvalue weighted by Gasteiger charge is 2.52. The van der Waals surface area contributed by atoms with Gasteiger partial charge in [0, 0.05) is 16.9 Å². The first-order valence-electron chi connectivity index (χ1n) is 18.8. The summed E-state index contributed by atoms with van der Waals surface area (Å²) in [6.45, 7) is 0. The quantitative estimate of drug-likeness (QED) is 0.168. The van der Waals surface area contributed by atoms with Crippen LogP contribution in [-0.2, 0) is 5.41 Å². The predicted octanol–water partition coefficient (Wildman–Crippen LogP) is 14.1. The third kappa shape index (κ3) is 3.88. The zero-order valence-corrected chi connectivity index (χ0v) is 29.5. The fourth-order valence-corrected chi connectivity index (χ4v) is 10.0. The lowest BCUT2D eigenvalue weighted by atomic mass is 9.70. The Morgan fingerprint density at radius 2 is 0.722 bits per heavy atom. The van der Waals surface area contributed by atoms with Crippen LogP contribution in [0.5, 0.6) is 0 Å². The number of hydrogen-bond acceptors (Lipinski definition) is 1. The molecule has 1 nitrogen and oxygen atoms in total. The average molecular weight is 684 g/mol. The van der Waals surface area contributed by atoms with Gasteiger partial charge in [0.05, 0.1) is 11.1 Å². The van der Waals surface area contributed by atoms with Gasteiger partial charge < -0.3 is 4.90 Å². The number of hydrogen-bond donors (Lipinski definition) is 0. The van der Waals surface area contributed by atoms with Crippen LogP contribution < -0.4 is 4.90 Å². The summed E-state index contributed by atoms with van der Waals surface area (Å²) in [5, 5.41) is 10.1. The smallest absolute Gasteiger partial charge is 0.0726 e. The van der Waals surface area contributed by atoms with Gasteiger partial charge in [-0.15, -0.1) is 0 Å². The normalized spacial score (nSPS) is 13.3. The average Bonchev–Trinajstić information content (AvgIpc) is 3.71. The maximum Gasteiger partial charge on any atom is 0.0726 e. The molecule has 0 amide bonds. The van der Waals surface area contributed by atoms with E-state index in [0.29, 0.717) is 0 Å². The zero-order chi connectivity index (χ0) is 35.4. The highest BCUT2D eigenvalue weighted by Crippen LogP contribution is 2.64. The summed E-state index contributed by atoms with van der Waals surface area (Å²) < 4.78 is 0.